The molecule has 0 atom stereocenters. The zero-order valence-corrected chi connectivity index (χ0v) is 10.4. The summed E-state index contributed by atoms with van der Waals surface area (Å²) in [5.74, 6) is -0.585. The van der Waals surface area contributed by atoms with Crippen LogP contribution in [-0.2, 0) is 13.1 Å². The van der Waals surface area contributed by atoms with E-state index in [4.69, 9.17) is 5.11 Å². The normalized spacial score (nSPS) is 10.5. The fraction of sp³-hybridized carbons (Fsp3) is 0.273. The maximum Gasteiger partial charge on any atom is 0.271 e. The number of nitrogens with one attached hydrogen (secondary N) is 1. The van der Waals surface area contributed by atoms with Crippen LogP contribution < -0.4 is 5.32 Å². The fourth-order valence-corrected chi connectivity index (χ4v) is 1.58. The Morgan fingerprint density at radius 1 is 1.50 bits per heavy atom. The first-order chi connectivity index (χ1) is 9.60. The molecule has 1 aromatic carbocycles. The number of rotatable bonds is 6. The van der Waals surface area contributed by atoms with E-state index >= 15 is 0 Å². The molecule has 0 bridgehead atoms. The molecule has 0 radical (unpaired) electrons. The van der Waals surface area contributed by atoms with Crippen molar-refractivity contribution in [2.75, 3.05) is 11.9 Å². The van der Waals surface area contributed by atoms with Crippen LogP contribution in [0.4, 0.5) is 15.8 Å². The van der Waals surface area contributed by atoms with Gasteiger partial charge in [-0.05, 0) is 6.07 Å². The number of nitrogens with zero attached hydrogens (tertiary/aromatic N) is 4. The maximum absolute atomic E-state index is 13.5. The van der Waals surface area contributed by atoms with Crippen LogP contribution in [0.5, 0.6) is 0 Å². The second-order valence-corrected chi connectivity index (χ2v) is 3.97. The van der Waals surface area contributed by atoms with Gasteiger partial charge in [0, 0.05) is 12.1 Å². The van der Waals surface area contributed by atoms with E-state index in [0.717, 1.165) is 18.2 Å². The zero-order valence-electron chi connectivity index (χ0n) is 10.4. The van der Waals surface area contributed by atoms with Crippen molar-refractivity contribution in [3.8, 4) is 0 Å². The van der Waals surface area contributed by atoms with Crippen LogP contribution in [0.25, 0.3) is 0 Å². The molecule has 0 aliphatic rings. The first-order valence-electron chi connectivity index (χ1n) is 5.78. The van der Waals surface area contributed by atoms with E-state index in [1.165, 1.54) is 4.68 Å². The molecule has 9 heteroatoms. The minimum Gasteiger partial charge on any atom is -0.394 e. The van der Waals surface area contributed by atoms with Crippen molar-refractivity contribution < 1.29 is 14.4 Å². The molecule has 0 aliphatic heterocycles. The Hall–Kier alpha value is -2.55. The second-order valence-electron chi connectivity index (χ2n) is 3.97. The van der Waals surface area contributed by atoms with E-state index in [-0.39, 0.29) is 24.5 Å². The third-order valence-corrected chi connectivity index (χ3v) is 2.54. The number of hydrogen-bond acceptors (Lipinski definition) is 6. The van der Waals surface area contributed by atoms with Crippen molar-refractivity contribution in [2.45, 2.75) is 13.1 Å². The minimum atomic E-state index is -0.595. The Bertz CT molecular complexity index is 616. The van der Waals surface area contributed by atoms with E-state index in [9.17, 15) is 14.5 Å². The SMILES string of the molecule is O=[N+]([O-])c1ccc(F)c(NCc2cn(CCO)nn2)c1. The number of hydrogen-bond donors (Lipinski definition) is 2. The Balaban J connectivity index is 2.05. The van der Waals surface area contributed by atoms with Crippen LogP contribution in [0.15, 0.2) is 24.4 Å². The van der Waals surface area contributed by atoms with E-state index in [2.05, 4.69) is 15.6 Å². The van der Waals surface area contributed by atoms with Crippen molar-refractivity contribution in [1.82, 2.24) is 15.0 Å². The van der Waals surface area contributed by atoms with Gasteiger partial charge >= 0.3 is 0 Å². The van der Waals surface area contributed by atoms with Crippen LogP contribution in [0.3, 0.4) is 0 Å². The highest BCUT2D eigenvalue weighted by Crippen LogP contribution is 2.21. The van der Waals surface area contributed by atoms with Crippen LogP contribution in [0.1, 0.15) is 5.69 Å². The predicted molar refractivity (Wildman–Crippen MR) is 67.5 cm³/mol. The lowest BCUT2D eigenvalue weighted by Gasteiger charge is -2.05. The first-order valence-corrected chi connectivity index (χ1v) is 5.78. The number of aliphatic hydroxyl groups excluding tert-OH is 1. The van der Waals surface area contributed by atoms with Crippen molar-refractivity contribution in [3.63, 3.8) is 0 Å². The summed E-state index contributed by atoms with van der Waals surface area (Å²) in [6.45, 7) is 0.428. The number of nitro groups is 1. The molecule has 1 heterocycles. The summed E-state index contributed by atoms with van der Waals surface area (Å²) in [7, 11) is 0. The van der Waals surface area contributed by atoms with Crippen molar-refractivity contribution >= 4 is 11.4 Å². The average Bonchev–Trinajstić information content (AvgIpc) is 2.86. The van der Waals surface area contributed by atoms with Gasteiger partial charge in [-0.3, -0.25) is 10.1 Å². The quantitative estimate of drug-likeness (QED) is 0.602. The number of halogens is 1. The summed E-state index contributed by atoms with van der Waals surface area (Å²) in [4.78, 5) is 10.0. The summed E-state index contributed by atoms with van der Waals surface area (Å²) in [5, 5.41) is 29.7. The predicted octanol–water partition coefficient (Wildman–Crippen LogP) is 0.930. The topological polar surface area (TPSA) is 106 Å². The van der Waals surface area contributed by atoms with Crippen LogP contribution >= 0.6 is 0 Å². The van der Waals surface area contributed by atoms with E-state index in [0.29, 0.717) is 12.2 Å². The Morgan fingerprint density at radius 2 is 2.30 bits per heavy atom. The van der Waals surface area contributed by atoms with Gasteiger partial charge in [-0.25, -0.2) is 9.07 Å². The highest BCUT2D eigenvalue weighted by Gasteiger charge is 2.11. The molecule has 0 unspecified atom stereocenters. The molecule has 0 saturated carbocycles. The molecule has 1 aromatic heterocycles. The fourth-order valence-electron chi connectivity index (χ4n) is 1.58. The van der Waals surface area contributed by atoms with Crippen molar-refractivity contribution in [3.05, 3.63) is 46.0 Å². The first kappa shape index (κ1) is 13.9. The molecule has 2 aromatic rings. The molecular weight excluding hydrogens is 269 g/mol. The third kappa shape index (κ3) is 3.26. The molecule has 0 amide bonds. The molecule has 2 N–H and O–H groups in total. The van der Waals surface area contributed by atoms with Gasteiger partial charge in [-0.2, -0.15) is 0 Å². The van der Waals surface area contributed by atoms with Gasteiger partial charge in [0.05, 0.1) is 36.5 Å². The highest BCUT2D eigenvalue weighted by atomic mass is 19.1. The molecule has 106 valence electrons. The second kappa shape index (κ2) is 6.06. The molecule has 8 nitrogen and oxygen atoms in total. The Labute approximate surface area is 113 Å². The number of anilines is 1. The largest absolute Gasteiger partial charge is 0.394 e. The van der Waals surface area contributed by atoms with E-state index in [1.54, 1.807) is 6.20 Å². The molecule has 0 fully saturated rings. The minimum absolute atomic E-state index is 0.0240. The van der Waals surface area contributed by atoms with Crippen LogP contribution in [0.2, 0.25) is 0 Å². The van der Waals surface area contributed by atoms with Gasteiger partial charge in [-0.1, -0.05) is 5.21 Å². The highest BCUT2D eigenvalue weighted by molar-refractivity contribution is 5.52. The monoisotopic (exact) mass is 281 g/mol. The smallest absolute Gasteiger partial charge is 0.271 e. The van der Waals surface area contributed by atoms with Gasteiger partial charge in [0.1, 0.15) is 11.5 Å². The Morgan fingerprint density at radius 3 is 3.00 bits per heavy atom. The van der Waals surface area contributed by atoms with Crippen LogP contribution in [-0.4, -0.2) is 31.6 Å². The Kier molecular flexibility index (Phi) is 4.20. The molecule has 0 spiro atoms. The molecular formula is C11H12FN5O3. The van der Waals surface area contributed by atoms with Crippen molar-refractivity contribution in [2.24, 2.45) is 0 Å². The number of aromatic nitrogens is 3. The summed E-state index contributed by atoms with van der Waals surface area (Å²) < 4.78 is 14.9. The lowest BCUT2D eigenvalue weighted by atomic mass is 10.2. The van der Waals surface area contributed by atoms with Gasteiger partial charge in [0.15, 0.2) is 0 Å². The molecule has 0 aliphatic carbocycles. The van der Waals surface area contributed by atoms with Gasteiger partial charge in [0.25, 0.3) is 5.69 Å². The molecule has 2 rings (SSSR count). The number of benzene rings is 1. The van der Waals surface area contributed by atoms with Gasteiger partial charge in [0.2, 0.25) is 0 Å². The zero-order chi connectivity index (χ0) is 14.5. The third-order valence-electron chi connectivity index (χ3n) is 2.54. The molecule has 0 saturated heterocycles. The van der Waals surface area contributed by atoms with E-state index in [1.807, 2.05) is 0 Å². The van der Waals surface area contributed by atoms with E-state index < -0.39 is 10.7 Å². The standard InChI is InChI=1S/C11H12FN5O3/c12-10-2-1-9(17(19)20)5-11(10)13-6-8-7-16(3-4-18)15-14-8/h1-2,5,7,13,18H,3-4,6H2. The van der Waals surface area contributed by atoms with Gasteiger partial charge in [-0.15, -0.1) is 5.10 Å². The summed E-state index contributed by atoms with van der Waals surface area (Å²) in [6.07, 6.45) is 1.60. The number of nitro benzene ring substituents is 1. The maximum atomic E-state index is 13.5. The summed E-state index contributed by atoms with van der Waals surface area (Å²) in [6, 6.07) is 3.24. The number of non-ortho nitro benzene ring substituents is 1. The molecule has 20 heavy (non-hydrogen) atoms. The van der Waals surface area contributed by atoms with Crippen molar-refractivity contribution in [1.29, 1.82) is 0 Å². The van der Waals surface area contributed by atoms with Gasteiger partial charge < -0.3 is 10.4 Å². The summed E-state index contributed by atoms with van der Waals surface area (Å²) >= 11 is 0. The lowest BCUT2D eigenvalue weighted by molar-refractivity contribution is -0.384. The van der Waals surface area contributed by atoms with Crippen LogP contribution in [0, 0.1) is 15.9 Å². The average molecular weight is 281 g/mol. The summed E-state index contributed by atoms with van der Waals surface area (Å²) in [5.41, 5.74) is 0.359. The lowest BCUT2D eigenvalue weighted by Crippen LogP contribution is -2.03. The number of aliphatic hydroxyl groups is 1.